The molecule has 0 radical (unpaired) electrons. The molecule has 1 spiro atoms. The molecule has 0 bridgehead atoms. The summed E-state index contributed by atoms with van der Waals surface area (Å²) in [6.07, 6.45) is 4.97. The molecular formula is C26H31N3O2. The SMILES string of the molecule is CN1C(=O)C2(CCN(Cc3ccccc3)CC2)c2cc(C(=O)N3CCCCC3)ccc21. The lowest BCUT2D eigenvalue weighted by molar-refractivity contribution is -0.124. The first-order valence-corrected chi connectivity index (χ1v) is 11.6. The molecule has 31 heavy (non-hydrogen) atoms. The summed E-state index contributed by atoms with van der Waals surface area (Å²) in [7, 11) is 1.87. The summed E-state index contributed by atoms with van der Waals surface area (Å²) in [6.45, 7) is 4.38. The molecule has 5 rings (SSSR count). The van der Waals surface area contributed by atoms with E-state index in [1.807, 2.05) is 36.2 Å². The number of carbonyl (C=O) groups is 2. The zero-order valence-electron chi connectivity index (χ0n) is 18.3. The van der Waals surface area contributed by atoms with E-state index in [9.17, 15) is 9.59 Å². The molecule has 0 unspecified atom stereocenters. The van der Waals surface area contributed by atoms with Crippen molar-refractivity contribution in [1.29, 1.82) is 0 Å². The van der Waals surface area contributed by atoms with Crippen LogP contribution in [0.25, 0.3) is 0 Å². The minimum absolute atomic E-state index is 0.112. The second-order valence-corrected chi connectivity index (χ2v) is 9.29. The minimum Gasteiger partial charge on any atom is -0.339 e. The number of nitrogens with zero attached hydrogens (tertiary/aromatic N) is 3. The van der Waals surface area contributed by atoms with E-state index in [0.29, 0.717) is 0 Å². The predicted molar refractivity (Wildman–Crippen MR) is 122 cm³/mol. The summed E-state index contributed by atoms with van der Waals surface area (Å²) < 4.78 is 0. The van der Waals surface area contributed by atoms with Gasteiger partial charge in [0.1, 0.15) is 0 Å². The third-order valence-electron chi connectivity index (χ3n) is 7.44. The highest BCUT2D eigenvalue weighted by Gasteiger charge is 2.51. The fraction of sp³-hybridized carbons (Fsp3) is 0.462. The van der Waals surface area contributed by atoms with Crippen molar-refractivity contribution in [3.8, 4) is 0 Å². The van der Waals surface area contributed by atoms with Gasteiger partial charge in [-0.2, -0.15) is 0 Å². The van der Waals surface area contributed by atoms with E-state index in [1.165, 1.54) is 12.0 Å². The maximum Gasteiger partial charge on any atom is 0.253 e. The van der Waals surface area contributed by atoms with Crippen LogP contribution in [0, 0.1) is 0 Å². The Kier molecular flexibility index (Phi) is 5.30. The largest absolute Gasteiger partial charge is 0.339 e. The summed E-state index contributed by atoms with van der Waals surface area (Å²) in [5.41, 5.74) is 3.58. The maximum absolute atomic E-state index is 13.4. The molecule has 2 amide bonds. The topological polar surface area (TPSA) is 43.9 Å². The van der Waals surface area contributed by atoms with Gasteiger partial charge in [-0.05, 0) is 74.5 Å². The Bertz CT molecular complexity index is 973. The van der Waals surface area contributed by atoms with Crippen LogP contribution in [0.5, 0.6) is 0 Å². The van der Waals surface area contributed by atoms with Crippen molar-refractivity contribution in [2.75, 3.05) is 38.1 Å². The normalized spacial score (nSPS) is 20.9. The van der Waals surface area contributed by atoms with E-state index >= 15 is 0 Å². The van der Waals surface area contributed by atoms with Crippen LogP contribution in [0.15, 0.2) is 48.5 Å². The quantitative estimate of drug-likeness (QED) is 0.763. The minimum atomic E-state index is -0.491. The van der Waals surface area contributed by atoms with Gasteiger partial charge in [0.05, 0.1) is 5.41 Å². The second-order valence-electron chi connectivity index (χ2n) is 9.29. The lowest BCUT2D eigenvalue weighted by Crippen LogP contribution is -2.47. The van der Waals surface area contributed by atoms with Gasteiger partial charge >= 0.3 is 0 Å². The molecule has 0 atom stereocenters. The number of benzene rings is 2. The van der Waals surface area contributed by atoms with Crippen molar-refractivity contribution in [3.63, 3.8) is 0 Å². The van der Waals surface area contributed by atoms with E-state index in [2.05, 4.69) is 29.2 Å². The molecule has 5 nitrogen and oxygen atoms in total. The highest BCUT2D eigenvalue weighted by atomic mass is 16.2. The highest BCUT2D eigenvalue weighted by molar-refractivity contribution is 6.09. The maximum atomic E-state index is 13.4. The van der Waals surface area contributed by atoms with Crippen LogP contribution in [0.3, 0.4) is 0 Å². The van der Waals surface area contributed by atoms with Gasteiger partial charge in [-0.15, -0.1) is 0 Å². The van der Waals surface area contributed by atoms with Gasteiger partial charge < -0.3 is 9.80 Å². The summed E-state index contributed by atoms with van der Waals surface area (Å²) >= 11 is 0. The Morgan fingerprint density at radius 2 is 1.65 bits per heavy atom. The third kappa shape index (κ3) is 3.55. The van der Waals surface area contributed by atoms with E-state index in [1.54, 1.807) is 4.90 Å². The Hall–Kier alpha value is -2.66. The number of piperidine rings is 2. The molecule has 162 valence electrons. The van der Waals surface area contributed by atoms with Gasteiger partial charge in [0.2, 0.25) is 5.91 Å². The Balaban J connectivity index is 1.38. The van der Waals surface area contributed by atoms with Crippen LogP contribution in [0.1, 0.15) is 53.6 Å². The first-order valence-electron chi connectivity index (χ1n) is 11.6. The number of likely N-dealkylation sites (tertiary alicyclic amines) is 2. The fourth-order valence-electron chi connectivity index (χ4n) is 5.59. The van der Waals surface area contributed by atoms with Crippen LogP contribution in [-0.4, -0.2) is 54.8 Å². The highest BCUT2D eigenvalue weighted by Crippen LogP contribution is 2.48. The average molecular weight is 418 g/mol. The Labute approximate surface area is 184 Å². The van der Waals surface area contributed by atoms with Crippen molar-refractivity contribution >= 4 is 17.5 Å². The first kappa shape index (κ1) is 20.3. The van der Waals surface area contributed by atoms with Crippen molar-refractivity contribution in [3.05, 3.63) is 65.2 Å². The summed E-state index contributed by atoms with van der Waals surface area (Å²) in [6, 6.07) is 16.4. The van der Waals surface area contributed by atoms with Crippen LogP contribution in [0.2, 0.25) is 0 Å². The molecule has 2 saturated heterocycles. The van der Waals surface area contributed by atoms with E-state index in [0.717, 1.165) is 75.2 Å². The number of carbonyl (C=O) groups excluding carboxylic acids is 2. The van der Waals surface area contributed by atoms with Crippen LogP contribution >= 0.6 is 0 Å². The van der Waals surface area contributed by atoms with E-state index < -0.39 is 5.41 Å². The number of fused-ring (bicyclic) bond motifs is 2. The second kappa shape index (κ2) is 8.12. The summed E-state index contributed by atoms with van der Waals surface area (Å²) in [4.78, 5) is 32.7. The molecule has 0 aromatic heterocycles. The van der Waals surface area contributed by atoms with Crippen molar-refractivity contribution < 1.29 is 9.59 Å². The lowest BCUT2D eigenvalue weighted by Gasteiger charge is -2.38. The number of rotatable bonds is 3. The molecule has 2 aromatic rings. The first-order chi connectivity index (χ1) is 15.1. The molecule has 3 heterocycles. The molecule has 5 heteroatoms. The molecule has 2 fully saturated rings. The van der Waals surface area contributed by atoms with Crippen LogP contribution in [-0.2, 0) is 16.8 Å². The number of amides is 2. The number of hydrogen-bond acceptors (Lipinski definition) is 3. The van der Waals surface area contributed by atoms with Crippen LogP contribution in [0.4, 0.5) is 5.69 Å². The van der Waals surface area contributed by atoms with Crippen LogP contribution < -0.4 is 4.90 Å². The monoisotopic (exact) mass is 417 g/mol. The molecule has 3 aliphatic heterocycles. The number of hydrogen-bond donors (Lipinski definition) is 0. The molecule has 3 aliphatic rings. The molecule has 0 saturated carbocycles. The molecular weight excluding hydrogens is 386 g/mol. The van der Waals surface area contributed by atoms with Crippen molar-refractivity contribution in [2.24, 2.45) is 0 Å². The van der Waals surface area contributed by atoms with Gasteiger partial charge in [0.15, 0.2) is 0 Å². The fourth-order valence-corrected chi connectivity index (χ4v) is 5.59. The van der Waals surface area contributed by atoms with Crippen molar-refractivity contribution in [1.82, 2.24) is 9.80 Å². The Morgan fingerprint density at radius 3 is 2.35 bits per heavy atom. The standard InChI is InChI=1S/C26H31N3O2/c1-27-23-11-10-21(24(30)29-14-6-3-7-15-29)18-22(23)26(25(27)31)12-16-28(17-13-26)19-20-8-4-2-5-9-20/h2,4-5,8-11,18H,3,6-7,12-17,19H2,1H3. The van der Waals surface area contributed by atoms with Gasteiger partial charge in [-0.1, -0.05) is 30.3 Å². The molecule has 0 aliphatic carbocycles. The summed E-state index contributed by atoms with van der Waals surface area (Å²) in [5.74, 6) is 0.297. The van der Waals surface area contributed by atoms with Gasteiger partial charge in [-0.25, -0.2) is 0 Å². The smallest absolute Gasteiger partial charge is 0.253 e. The van der Waals surface area contributed by atoms with Crippen molar-refractivity contribution in [2.45, 2.75) is 44.1 Å². The molecule has 0 N–H and O–H groups in total. The van der Waals surface area contributed by atoms with E-state index in [-0.39, 0.29) is 11.8 Å². The summed E-state index contributed by atoms with van der Waals surface area (Å²) in [5, 5.41) is 0. The van der Waals surface area contributed by atoms with E-state index in [4.69, 9.17) is 0 Å². The number of likely N-dealkylation sites (N-methyl/N-ethyl adjacent to an activating group) is 1. The molecule has 2 aromatic carbocycles. The number of anilines is 1. The van der Waals surface area contributed by atoms with Gasteiger partial charge in [-0.3, -0.25) is 14.5 Å². The lowest BCUT2D eigenvalue weighted by atomic mass is 9.73. The predicted octanol–water partition coefficient (Wildman–Crippen LogP) is 3.82. The van der Waals surface area contributed by atoms with Gasteiger partial charge in [0.25, 0.3) is 5.91 Å². The Morgan fingerprint density at radius 1 is 0.935 bits per heavy atom. The average Bonchev–Trinajstić information content (AvgIpc) is 3.03. The third-order valence-corrected chi connectivity index (χ3v) is 7.44. The van der Waals surface area contributed by atoms with Gasteiger partial charge in [0, 0.05) is 37.9 Å². The zero-order chi connectivity index (χ0) is 21.4. The zero-order valence-corrected chi connectivity index (χ0v) is 18.3.